The number of hydrogen-bond donors (Lipinski definition) is 3. The summed E-state index contributed by atoms with van der Waals surface area (Å²) in [5.74, 6) is 0.376. The third-order valence-electron chi connectivity index (χ3n) is 3.47. The number of nitrogens with two attached hydrogens (primary N) is 1. The highest BCUT2D eigenvalue weighted by Gasteiger charge is 2.23. The first-order valence-corrected chi connectivity index (χ1v) is 7.09. The molecule has 1 heterocycles. The number of benzene rings is 1. The zero-order valence-electron chi connectivity index (χ0n) is 10.6. The molecule has 6 heteroatoms. The summed E-state index contributed by atoms with van der Waals surface area (Å²) in [4.78, 5) is 2.18. The van der Waals surface area contributed by atoms with Crippen molar-refractivity contribution in [1.82, 2.24) is 0 Å². The predicted molar refractivity (Wildman–Crippen MR) is 78.7 cm³/mol. The molecular weight excluding hydrogens is 310 g/mol. The van der Waals surface area contributed by atoms with E-state index in [1.54, 1.807) is 0 Å². The fourth-order valence-corrected chi connectivity index (χ4v) is 3.07. The maximum Gasteiger partial charge on any atom is 0.173 e. The van der Waals surface area contributed by atoms with Crippen LogP contribution in [0.25, 0.3) is 0 Å². The Labute approximate surface area is 120 Å². The molecule has 1 aliphatic rings. The van der Waals surface area contributed by atoms with Gasteiger partial charge in [-0.25, -0.2) is 0 Å². The number of halogens is 1. The number of rotatable bonds is 3. The van der Waals surface area contributed by atoms with Gasteiger partial charge in [-0.2, -0.15) is 0 Å². The van der Waals surface area contributed by atoms with Crippen LogP contribution in [0.4, 0.5) is 5.69 Å². The van der Waals surface area contributed by atoms with Crippen molar-refractivity contribution in [2.75, 3.05) is 24.6 Å². The fourth-order valence-electron chi connectivity index (χ4n) is 2.51. The molecule has 1 aliphatic heterocycles. The molecule has 19 heavy (non-hydrogen) atoms. The van der Waals surface area contributed by atoms with Crippen LogP contribution in [0.15, 0.2) is 27.8 Å². The van der Waals surface area contributed by atoms with Crippen molar-refractivity contribution >= 4 is 27.5 Å². The lowest BCUT2D eigenvalue weighted by atomic mass is 9.97. The Morgan fingerprint density at radius 2 is 2.32 bits per heavy atom. The van der Waals surface area contributed by atoms with Crippen molar-refractivity contribution in [1.29, 1.82) is 0 Å². The average molecular weight is 328 g/mol. The smallest absolute Gasteiger partial charge is 0.173 e. The number of aliphatic hydroxyl groups is 1. The third-order valence-corrected chi connectivity index (χ3v) is 4.13. The molecule has 1 unspecified atom stereocenters. The molecule has 0 amide bonds. The molecule has 0 aliphatic carbocycles. The molecule has 1 atom stereocenters. The van der Waals surface area contributed by atoms with Crippen LogP contribution in [0, 0.1) is 5.92 Å². The first kappa shape index (κ1) is 14.1. The van der Waals surface area contributed by atoms with Crippen LogP contribution in [0.2, 0.25) is 0 Å². The van der Waals surface area contributed by atoms with Crippen LogP contribution in [-0.4, -0.2) is 35.8 Å². The minimum atomic E-state index is 0.0913. The standard InChI is InChI=1S/C13H18BrN3O2/c14-10-4-1-5-11(12(10)13(15)16-19)17-6-2-3-9(7-17)8-18/h1,4-5,9,18-19H,2-3,6-8H2,(H2,15,16). The summed E-state index contributed by atoms with van der Waals surface area (Å²) in [5, 5.41) is 21.3. The average Bonchev–Trinajstić information content (AvgIpc) is 2.46. The maximum atomic E-state index is 9.31. The van der Waals surface area contributed by atoms with E-state index in [-0.39, 0.29) is 18.4 Å². The van der Waals surface area contributed by atoms with E-state index < -0.39 is 0 Å². The summed E-state index contributed by atoms with van der Waals surface area (Å²) in [7, 11) is 0. The molecule has 0 spiro atoms. The van der Waals surface area contributed by atoms with E-state index in [4.69, 9.17) is 10.9 Å². The Hall–Kier alpha value is -1.27. The van der Waals surface area contributed by atoms with Crippen LogP contribution in [-0.2, 0) is 0 Å². The van der Waals surface area contributed by atoms with E-state index in [2.05, 4.69) is 26.0 Å². The Balaban J connectivity index is 2.36. The van der Waals surface area contributed by atoms with Gasteiger partial charge in [0, 0.05) is 29.9 Å². The minimum Gasteiger partial charge on any atom is -0.409 e. The van der Waals surface area contributed by atoms with Gasteiger partial charge in [0.25, 0.3) is 0 Å². The van der Waals surface area contributed by atoms with Gasteiger partial charge in [0.05, 0.1) is 5.56 Å². The highest BCUT2D eigenvalue weighted by Crippen LogP contribution is 2.30. The molecule has 1 aromatic carbocycles. The summed E-state index contributed by atoms with van der Waals surface area (Å²) >= 11 is 3.44. The lowest BCUT2D eigenvalue weighted by molar-refractivity contribution is 0.208. The molecule has 1 fully saturated rings. The van der Waals surface area contributed by atoms with Crippen LogP contribution in [0.3, 0.4) is 0 Å². The molecule has 2 rings (SSSR count). The highest BCUT2D eigenvalue weighted by atomic mass is 79.9. The van der Waals surface area contributed by atoms with Crippen molar-refractivity contribution in [3.63, 3.8) is 0 Å². The molecule has 1 saturated heterocycles. The largest absolute Gasteiger partial charge is 0.409 e. The Morgan fingerprint density at radius 1 is 1.53 bits per heavy atom. The second kappa shape index (κ2) is 6.25. The monoisotopic (exact) mass is 327 g/mol. The third kappa shape index (κ3) is 3.01. The van der Waals surface area contributed by atoms with Gasteiger partial charge < -0.3 is 20.9 Å². The summed E-state index contributed by atoms with van der Waals surface area (Å²) in [6.45, 7) is 1.90. The molecule has 1 aromatic rings. The number of hydrogen-bond acceptors (Lipinski definition) is 4. The number of aliphatic hydroxyl groups excluding tert-OH is 1. The van der Waals surface area contributed by atoms with Crippen molar-refractivity contribution in [2.45, 2.75) is 12.8 Å². The van der Waals surface area contributed by atoms with Gasteiger partial charge in [-0.3, -0.25) is 0 Å². The van der Waals surface area contributed by atoms with E-state index >= 15 is 0 Å². The van der Waals surface area contributed by atoms with Gasteiger partial charge in [0.15, 0.2) is 5.84 Å². The van der Waals surface area contributed by atoms with E-state index in [1.165, 1.54) is 0 Å². The predicted octanol–water partition coefficient (Wildman–Crippen LogP) is 1.75. The summed E-state index contributed by atoms with van der Waals surface area (Å²) < 4.78 is 0.798. The van der Waals surface area contributed by atoms with Gasteiger partial charge in [0.2, 0.25) is 0 Å². The van der Waals surface area contributed by atoms with E-state index in [9.17, 15) is 5.11 Å². The van der Waals surface area contributed by atoms with Gasteiger partial charge in [-0.05, 0) is 46.8 Å². The molecule has 0 aromatic heterocycles. The number of amidine groups is 1. The van der Waals surface area contributed by atoms with Gasteiger partial charge >= 0.3 is 0 Å². The lowest BCUT2D eigenvalue weighted by Crippen LogP contribution is -2.38. The van der Waals surface area contributed by atoms with Crippen molar-refractivity contribution in [3.8, 4) is 0 Å². The second-order valence-corrected chi connectivity index (χ2v) is 5.61. The Morgan fingerprint density at radius 3 is 3.00 bits per heavy atom. The first-order chi connectivity index (χ1) is 9.17. The highest BCUT2D eigenvalue weighted by molar-refractivity contribution is 9.10. The SMILES string of the molecule is N/C(=N/O)c1c(Br)cccc1N1CCCC(CO)C1. The fraction of sp³-hybridized carbons (Fsp3) is 0.462. The quantitative estimate of drug-likeness (QED) is 0.342. The summed E-state index contributed by atoms with van der Waals surface area (Å²) in [5.41, 5.74) is 7.39. The van der Waals surface area contributed by atoms with Gasteiger partial charge in [-0.15, -0.1) is 0 Å². The number of oxime groups is 1. The number of piperidine rings is 1. The van der Waals surface area contributed by atoms with Crippen LogP contribution in [0.5, 0.6) is 0 Å². The molecular formula is C13H18BrN3O2. The van der Waals surface area contributed by atoms with Crippen LogP contribution >= 0.6 is 15.9 Å². The zero-order valence-corrected chi connectivity index (χ0v) is 12.2. The molecule has 0 radical (unpaired) electrons. The number of anilines is 1. The summed E-state index contributed by atoms with van der Waals surface area (Å²) in [6, 6.07) is 5.75. The normalized spacial score (nSPS) is 20.6. The molecule has 104 valence electrons. The maximum absolute atomic E-state index is 9.31. The minimum absolute atomic E-state index is 0.0913. The molecule has 5 nitrogen and oxygen atoms in total. The Kier molecular flexibility index (Phi) is 4.66. The van der Waals surface area contributed by atoms with E-state index in [0.717, 1.165) is 36.1 Å². The van der Waals surface area contributed by atoms with E-state index in [0.29, 0.717) is 5.56 Å². The molecule has 4 N–H and O–H groups in total. The molecule has 0 saturated carbocycles. The molecule has 0 bridgehead atoms. The number of nitrogens with zero attached hydrogens (tertiary/aromatic N) is 2. The lowest BCUT2D eigenvalue weighted by Gasteiger charge is -2.34. The van der Waals surface area contributed by atoms with Crippen molar-refractivity contribution in [3.05, 3.63) is 28.2 Å². The Bertz CT molecular complexity index is 479. The zero-order chi connectivity index (χ0) is 13.8. The van der Waals surface area contributed by atoms with Gasteiger partial charge in [-0.1, -0.05) is 11.2 Å². The summed E-state index contributed by atoms with van der Waals surface area (Å²) in [6.07, 6.45) is 2.08. The second-order valence-electron chi connectivity index (χ2n) is 4.76. The first-order valence-electron chi connectivity index (χ1n) is 6.29. The van der Waals surface area contributed by atoms with E-state index in [1.807, 2.05) is 18.2 Å². The van der Waals surface area contributed by atoms with Crippen molar-refractivity contribution in [2.24, 2.45) is 16.8 Å². The topological polar surface area (TPSA) is 82.1 Å². The van der Waals surface area contributed by atoms with Crippen LogP contribution in [0.1, 0.15) is 18.4 Å². The van der Waals surface area contributed by atoms with Crippen LogP contribution < -0.4 is 10.6 Å². The van der Waals surface area contributed by atoms with Crippen molar-refractivity contribution < 1.29 is 10.3 Å². The van der Waals surface area contributed by atoms with Gasteiger partial charge in [0.1, 0.15) is 0 Å².